The smallest absolute Gasteiger partial charge is 0.136 e. The van der Waals surface area contributed by atoms with E-state index in [1.165, 1.54) is 53.2 Å². The van der Waals surface area contributed by atoms with Crippen molar-refractivity contribution >= 4 is 81.3 Å². The molecule has 2 heterocycles. The van der Waals surface area contributed by atoms with Crippen LogP contribution >= 0.6 is 11.3 Å². The average Bonchev–Trinajstić information content (AvgIpc) is 3.74. The SMILES string of the molecule is c1ccc(-c2ccc(N(c3cccc(-c4cccc5c4sc4ccccc45)c3)c3ccc4oc5ccc6ccccc6c5c4c3)cc2)cc1. The predicted octanol–water partition coefficient (Wildman–Crippen LogP) is 13.9. The summed E-state index contributed by atoms with van der Waals surface area (Å²) in [5, 5.41) is 7.30. The average molecular weight is 644 g/mol. The summed E-state index contributed by atoms with van der Waals surface area (Å²) >= 11 is 1.87. The molecule has 10 rings (SSSR count). The van der Waals surface area contributed by atoms with Crippen LogP contribution in [0.1, 0.15) is 0 Å². The van der Waals surface area contributed by atoms with E-state index in [-0.39, 0.29) is 0 Å². The monoisotopic (exact) mass is 643 g/mol. The van der Waals surface area contributed by atoms with Gasteiger partial charge in [0.05, 0.1) is 0 Å². The quantitative estimate of drug-likeness (QED) is 0.186. The van der Waals surface area contributed by atoms with Gasteiger partial charge in [0.15, 0.2) is 0 Å². The van der Waals surface area contributed by atoms with Gasteiger partial charge in [0.2, 0.25) is 0 Å². The lowest BCUT2D eigenvalue weighted by Crippen LogP contribution is -2.10. The van der Waals surface area contributed by atoms with E-state index in [0.29, 0.717) is 0 Å². The highest BCUT2D eigenvalue weighted by atomic mass is 32.1. The van der Waals surface area contributed by atoms with Crippen LogP contribution < -0.4 is 4.90 Å². The number of fused-ring (bicyclic) bond motifs is 8. The summed E-state index contributed by atoms with van der Waals surface area (Å²) in [5.41, 5.74) is 9.91. The lowest BCUT2D eigenvalue weighted by atomic mass is 10.0. The molecule has 0 aliphatic carbocycles. The Morgan fingerprint density at radius 2 is 1.08 bits per heavy atom. The summed E-state index contributed by atoms with van der Waals surface area (Å²) in [6.45, 7) is 0. The molecule has 0 unspecified atom stereocenters. The Morgan fingerprint density at radius 1 is 0.408 bits per heavy atom. The standard InChI is InChI=1S/C46H29NOS/c1-2-10-30(11-3-1)31-20-23-34(24-21-31)47(36-25-27-42-41(29-36)45-37-15-5-4-12-32(37)22-26-43(45)48-42)35-14-8-13-33(28-35)38-17-9-18-40-39-16-6-7-19-44(39)49-46(38)40/h1-29H. The van der Waals surface area contributed by atoms with Crippen LogP contribution in [-0.2, 0) is 0 Å². The second-order valence-corrected chi connectivity index (χ2v) is 13.6. The third-order valence-electron chi connectivity index (χ3n) is 9.65. The van der Waals surface area contributed by atoms with E-state index in [9.17, 15) is 0 Å². The molecule has 0 atom stereocenters. The van der Waals surface area contributed by atoms with Crippen molar-refractivity contribution < 1.29 is 4.42 Å². The van der Waals surface area contributed by atoms with Gasteiger partial charge in [0.25, 0.3) is 0 Å². The summed E-state index contributed by atoms with van der Waals surface area (Å²) in [4.78, 5) is 2.37. The molecular weight excluding hydrogens is 615 g/mol. The highest BCUT2D eigenvalue weighted by molar-refractivity contribution is 7.26. The van der Waals surface area contributed by atoms with E-state index < -0.39 is 0 Å². The van der Waals surface area contributed by atoms with E-state index in [1.54, 1.807) is 0 Å². The minimum atomic E-state index is 0.889. The van der Waals surface area contributed by atoms with Crippen LogP contribution in [0.5, 0.6) is 0 Å². The minimum absolute atomic E-state index is 0.889. The van der Waals surface area contributed by atoms with Gasteiger partial charge in [-0.15, -0.1) is 11.3 Å². The van der Waals surface area contributed by atoms with Crippen LogP contribution in [0, 0.1) is 0 Å². The first kappa shape index (κ1) is 27.9. The number of benzene rings is 8. The minimum Gasteiger partial charge on any atom is -0.456 e. The molecule has 0 amide bonds. The van der Waals surface area contributed by atoms with Crippen molar-refractivity contribution in [2.45, 2.75) is 0 Å². The van der Waals surface area contributed by atoms with E-state index >= 15 is 0 Å². The van der Waals surface area contributed by atoms with Gasteiger partial charge in [-0.1, -0.05) is 121 Å². The Hall–Kier alpha value is -6.16. The van der Waals surface area contributed by atoms with E-state index in [4.69, 9.17) is 4.42 Å². The summed E-state index contributed by atoms with van der Waals surface area (Å²) in [6.07, 6.45) is 0. The number of thiophene rings is 1. The van der Waals surface area contributed by atoms with Gasteiger partial charge < -0.3 is 9.32 Å². The van der Waals surface area contributed by atoms with Crippen molar-refractivity contribution in [3.8, 4) is 22.3 Å². The molecule has 8 aromatic carbocycles. The normalized spacial score (nSPS) is 11.7. The van der Waals surface area contributed by atoms with Gasteiger partial charge in [0.1, 0.15) is 11.2 Å². The molecule has 2 aromatic heterocycles. The van der Waals surface area contributed by atoms with Crippen molar-refractivity contribution in [2.75, 3.05) is 4.90 Å². The van der Waals surface area contributed by atoms with Gasteiger partial charge in [0, 0.05) is 48.0 Å². The van der Waals surface area contributed by atoms with E-state index in [0.717, 1.165) is 39.0 Å². The highest BCUT2D eigenvalue weighted by Crippen LogP contribution is 2.44. The maximum Gasteiger partial charge on any atom is 0.136 e. The fourth-order valence-electron chi connectivity index (χ4n) is 7.34. The van der Waals surface area contributed by atoms with Crippen molar-refractivity contribution in [3.63, 3.8) is 0 Å². The zero-order chi connectivity index (χ0) is 32.3. The maximum absolute atomic E-state index is 6.40. The third kappa shape index (κ3) is 4.62. The van der Waals surface area contributed by atoms with Crippen molar-refractivity contribution in [1.82, 2.24) is 0 Å². The summed E-state index contributed by atoms with van der Waals surface area (Å²) in [5.74, 6) is 0. The van der Waals surface area contributed by atoms with E-state index in [1.807, 2.05) is 11.3 Å². The molecule has 0 spiro atoms. The molecule has 0 saturated heterocycles. The highest BCUT2D eigenvalue weighted by Gasteiger charge is 2.18. The van der Waals surface area contributed by atoms with Crippen LogP contribution in [0.3, 0.4) is 0 Å². The Balaban J connectivity index is 1.17. The third-order valence-corrected chi connectivity index (χ3v) is 10.9. The number of hydrogen-bond acceptors (Lipinski definition) is 3. The lowest BCUT2D eigenvalue weighted by molar-refractivity contribution is 0.669. The fraction of sp³-hybridized carbons (Fsp3) is 0. The van der Waals surface area contributed by atoms with Gasteiger partial charge in [-0.2, -0.15) is 0 Å². The molecule has 2 nitrogen and oxygen atoms in total. The van der Waals surface area contributed by atoms with Crippen molar-refractivity contribution in [2.24, 2.45) is 0 Å². The number of anilines is 3. The van der Waals surface area contributed by atoms with Gasteiger partial charge >= 0.3 is 0 Å². The molecule has 230 valence electrons. The molecule has 0 N–H and O–H groups in total. The number of rotatable bonds is 5. The first-order chi connectivity index (χ1) is 24.3. The first-order valence-corrected chi connectivity index (χ1v) is 17.4. The van der Waals surface area contributed by atoms with E-state index in [2.05, 4.69) is 181 Å². The Labute approximate surface area is 287 Å². The molecule has 10 aromatic rings. The molecule has 0 saturated carbocycles. The predicted molar refractivity (Wildman–Crippen MR) is 210 cm³/mol. The summed E-state index contributed by atoms with van der Waals surface area (Å²) in [6, 6.07) is 63.2. The van der Waals surface area contributed by atoms with Gasteiger partial charge in [-0.05, 0) is 87.6 Å². The summed E-state index contributed by atoms with van der Waals surface area (Å²) in [7, 11) is 0. The molecule has 0 radical (unpaired) electrons. The molecule has 0 aliphatic heterocycles. The number of nitrogens with zero attached hydrogens (tertiary/aromatic N) is 1. The van der Waals surface area contributed by atoms with Crippen LogP contribution in [0.4, 0.5) is 17.1 Å². The fourth-order valence-corrected chi connectivity index (χ4v) is 8.58. The number of hydrogen-bond donors (Lipinski definition) is 0. The second-order valence-electron chi connectivity index (χ2n) is 12.5. The second kappa shape index (κ2) is 11.2. The zero-order valence-corrected chi connectivity index (χ0v) is 27.3. The van der Waals surface area contributed by atoms with Crippen LogP contribution in [0.15, 0.2) is 180 Å². The molecule has 0 aliphatic rings. The van der Waals surface area contributed by atoms with Crippen LogP contribution in [0.25, 0.3) is 75.1 Å². The number of furan rings is 1. The molecule has 49 heavy (non-hydrogen) atoms. The molecule has 3 heteroatoms. The first-order valence-electron chi connectivity index (χ1n) is 16.6. The maximum atomic E-state index is 6.40. The summed E-state index contributed by atoms with van der Waals surface area (Å²) < 4.78 is 9.03. The Bertz CT molecular complexity index is 2830. The Kier molecular flexibility index (Phi) is 6.39. The molecular formula is C46H29NOS. The topological polar surface area (TPSA) is 16.4 Å². The van der Waals surface area contributed by atoms with Crippen molar-refractivity contribution in [1.29, 1.82) is 0 Å². The Morgan fingerprint density at radius 3 is 1.98 bits per heavy atom. The molecule has 0 bridgehead atoms. The zero-order valence-electron chi connectivity index (χ0n) is 26.5. The van der Waals surface area contributed by atoms with Gasteiger partial charge in [-0.25, -0.2) is 0 Å². The van der Waals surface area contributed by atoms with Crippen molar-refractivity contribution in [3.05, 3.63) is 176 Å². The van der Waals surface area contributed by atoms with Crippen LogP contribution in [0.2, 0.25) is 0 Å². The molecule has 0 fully saturated rings. The largest absolute Gasteiger partial charge is 0.456 e. The lowest BCUT2D eigenvalue weighted by Gasteiger charge is -2.26. The van der Waals surface area contributed by atoms with Crippen LogP contribution in [-0.4, -0.2) is 0 Å². The van der Waals surface area contributed by atoms with Gasteiger partial charge in [-0.3, -0.25) is 0 Å².